The first-order valence-corrected chi connectivity index (χ1v) is 8.23. The molecule has 0 bridgehead atoms. The van der Waals surface area contributed by atoms with Crippen molar-refractivity contribution >= 4 is 23.0 Å². The quantitative estimate of drug-likeness (QED) is 0.631. The van der Waals surface area contributed by atoms with Gasteiger partial charge in [-0.3, -0.25) is 15.2 Å². The molecule has 2 heterocycles. The maximum Gasteiger partial charge on any atom is 0.418 e. The van der Waals surface area contributed by atoms with Crippen molar-refractivity contribution in [3.05, 3.63) is 44.5 Å². The normalized spacial score (nSPS) is 18.2. The van der Waals surface area contributed by atoms with E-state index in [1.54, 1.807) is 11.8 Å². The van der Waals surface area contributed by atoms with Gasteiger partial charge >= 0.3 is 6.18 Å². The van der Waals surface area contributed by atoms with Gasteiger partial charge in [0.05, 0.1) is 15.5 Å². The standard InChI is InChI=1S/C15H15ClF3N5O2/c1-8-20-14(22-21-8)9-3-2-4-23(7-9)12-6-11(16)10(15(17,18)19)5-13(12)24(25)26/h5-6,9H,2-4,7H2,1H3,(H,20,21,22). The number of nitrogens with zero attached hydrogens (tertiary/aromatic N) is 4. The van der Waals surface area contributed by atoms with Crippen molar-refractivity contribution in [1.29, 1.82) is 0 Å². The van der Waals surface area contributed by atoms with Crippen LogP contribution in [0.15, 0.2) is 12.1 Å². The molecule has 0 aliphatic carbocycles. The number of nitrogens with one attached hydrogen (secondary N) is 1. The third-order valence-corrected chi connectivity index (χ3v) is 4.62. The summed E-state index contributed by atoms with van der Waals surface area (Å²) < 4.78 is 39.0. The van der Waals surface area contributed by atoms with Crippen LogP contribution in [0.3, 0.4) is 0 Å². The number of nitro groups is 1. The third-order valence-electron chi connectivity index (χ3n) is 4.31. The van der Waals surface area contributed by atoms with E-state index in [4.69, 9.17) is 11.6 Å². The van der Waals surface area contributed by atoms with Crippen LogP contribution in [0.4, 0.5) is 24.5 Å². The second-order valence-corrected chi connectivity index (χ2v) is 6.55. The first-order chi connectivity index (χ1) is 12.2. The molecule has 1 unspecified atom stereocenters. The fourth-order valence-electron chi connectivity index (χ4n) is 3.12. The lowest BCUT2D eigenvalue weighted by molar-refractivity contribution is -0.384. The second kappa shape index (κ2) is 6.75. The summed E-state index contributed by atoms with van der Waals surface area (Å²) in [5, 5.41) is 17.7. The van der Waals surface area contributed by atoms with Gasteiger partial charge in [0, 0.05) is 25.1 Å². The first kappa shape index (κ1) is 18.4. The largest absolute Gasteiger partial charge is 0.418 e. The molecular weight excluding hydrogens is 375 g/mol. The summed E-state index contributed by atoms with van der Waals surface area (Å²) in [7, 11) is 0. The zero-order valence-corrected chi connectivity index (χ0v) is 14.4. The smallest absolute Gasteiger partial charge is 0.365 e. The van der Waals surface area contributed by atoms with Crippen molar-refractivity contribution in [3.63, 3.8) is 0 Å². The van der Waals surface area contributed by atoms with Crippen molar-refractivity contribution in [1.82, 2.24) is 15.2 Å². The number of aromatic amines is 1. The summed E-state index contributed by atoms with van der Waals surface area (Å²) >= 11 is 5.77. The van der Waals surface area contributed by atoms with Crippen LogP contribution < -0.4 is 4.90 Å². The van der Waals surface area contributed by atoms with Crippen molar-refractivity contribution in [2.24, 2.45) is 0 Å². The predicted molar refractivity (Wildman–Crippen MR) is 88.4 cm³/mol. The summed E-state index contributed by atoms with van der Waals surface area (Å²) in [5.74, 6) is 1.17. The highest BCUT2D eigenvalue weighted by Gasteiger charge is 2.37. The number of halogens is 4. The van der Waals surface area contributed by atoms with E-state index < -0.39 is 27.4 Å². The summed E-state index contributed by atoms with van der Waals surface area (Å²) in [6.45, 7) is 2.60. The number of benzene rings is 1. The molecule has 1 atom stereocenters. The van der Waals surface area contributed by atoms with Crippen LogP contribution in [0.25, 0.3) is 0 Å². The Morgan fingerprint density at radius 1 is 1.42 bits per heavy atom. The maximum atomic E-state index is 13.0. The molecule has 7 nitrogen and oxygen atoms in total. The van der Waals surface area contributed by atoms with Crippen LogP contribution in [-0.2, 0) is 6.18 Å². The molecule has 1 fully saturated rings. The Morgan fingerprint density at radius 2 is 2.15 bits per heavy atom. The SMILES string of the molecule is Cc1nc(C2CCCN(c3cc(Cl)c(C(F)(F)F)cc3[N+](=O)[O-])C2)n[nH]1. The van der Waals surface area contributed by atoms with Crippen molar-refractivity contribution < 1.29 is 18.1 Å². The number of anilines is 1. The summed E-state index contributed by atoms with van der Waals surface area (Å²) in [6.07, 6.45) is -3.27. The number of hydrogen-bond acceptors (Lipinski definition) is 5. The Hall–Kier alpha value is -2.36. The first-order valence-electron chi connectivity index (χ1n) is 7.86. The molecule has 1 aliphatic rings. The molecule has 1 aromatic carbocycles. The zero-order valence-electron chi connectivity index (χ0n) is 13.7. The molecule has 1 aliphatic heterocycles. The van der Waals surface area contributed by atoms with Crippen molar-refractivity contribution in [2.45, 2.75) is 31.9 Å². The van der Waals surface area contributed by atoms with E-state index in [1.165, 1.54) is 0 Å². The fourth-order valence-corrected chi connectivity index (χ4v) is 3.38. The van der Waals surface area contributed by atoms with E-state index in [-0.39, 0.29) is 11.6 Å². The molecule has 0 spiro atoms. The van der Waals surface area contributed by atoms with Gasteiger partial charge in [-0.15, -0.1) is 0 Å². The van der Waals surface area contributed by atoms with Crippen LogP contribution in [0.2, 0.25) is 5.02 Å². The number of aryl methyl sites for hydroxylation is 1. The molecule has 0 radical (unpaired) electrons. The average molecular weight is 390 g/mol. The molecule has 140 valence electrons. The zero-order chi connectivity index (χ0) is 19.1. The van der Waals surface area contributed by atoms with Gasteiger partial charge < -0.3 is 4.90 Å². The molecule has 2 aromatic rings. The van der Waals surface area contributed by atoms with E-state index >= 15 is 0 Å². The minimum absolute atomic E-state index is 0.0740. The monoisotopic (exact) mass is 389 g/mol. The minimum Gasteiger partial charge on any atom is -0.365 e. The number of nitro benzene ring substituents is 1. The average Bonchev–Trinajstić information content (AvgIpc) is 3.00. The molecule has 3 rings (SSSR count). The Morgan fingerprint density at radius 3 is 2.73 bits per heavy atom. The number of piperidine rings is 1. The van der Waals surface area contributed by atoms with Gasteiger partial charge in [0.25, 0.3) is 5.69 Å². The Kier molecular flexibility index (Phi) is 4.78. The van der Waals surface area contributed by atoms with Crippen LogP contribution in [-0.4, -0.2) is 33.2 Å². The number of H-pyrrole nitrogens is 1. The maximum absolute atomic E-state index is 13.0. The van der Waals surface area contributed by atoms with E-state index in [0.717, 1.165) is 12.5 Å². The van der Waals surface area contributed by atoms with Crippen LogP contribution in [0, 0.1) is 17.0 Å². The highest BCUT2D eigenvalue weighted by molar-refractivity contribution is 6.31. The fraction of sp³-hybridized carbons (Fsp3) is 0.467. The molecule has 0 amide bonds. The van der Waals surface area contributed by atoms with E-state index in [9.17, 15) is 23.3 Å². The van der Waals surface area contributed by atoms with E-state index in [1.807, 2.05) is 0 Å². The van der Waals surface area contributed by atoms with Gasteiger partial charge in [-0.1, -0.05) is 11.6 Å². The Bertz CT molecular complexity index is 839. The van der Waals surface area contributed by atoms with Gasteiger partial charge in [-0.05, 0) is 25.8 Å². The molecule has 0 saturated carbocycles. The molecule has 1 aromatic heterocycles. The molecule has 11 heteroatoms. The van der Waals surface area contributed by atoms with Crippen LogP contribution in [0.5, 0.6) is 0 Å². The molecule has 26 heavy (non-hydrogen) atoms. The van der Waals surface area contributed by atoms with Crippen LogP contribution in [0.1, 0.15) is 36.0 Å². The molecule has 1 saturated heterocycles. The van der Waals surface area contributed by atoms with E-state index in [2.05, 4.69) is 15.2 Å². The number of alkyl halides is 3. The molecular formula is C15H15ClF3N5O2. The number of rotatable bonds is 3. The Labute approximate surface area is 151 Å². The summed E-state index contributed by atoms with van der Waals surface area (Å²) in [6, 6.07) is 1.52. The Balaban J connectivity index is 1.97. The van der Waals surface area contributed by atoms with Crippen molar-refractivity contribution in [3.8, 4) is 0 Å². The minimum atomic E-state index is -4.76. The highest BCUT2D eigenvalue weighted by atomic mass is 35.5. The lowest BCUT2D eigenvalue weighted by Crippen LogP contribution is -2.35. The van der Waals surface area contributed by atoms with Gasteiger partial charge in [0.1, 0.15) is 11.5 Å². The van der Waals surface area contributed by atoms with Crippen molar-refractivity contribution in [2.75, 3.05) is 18.0 Å². The predicted octanol–water partition coefficient (Wildman–Crippen LogP) is 4.08. The second-order valence-electron chi connectivity index (χ2n) is 6.14. The summed E-state index contributed by atoms with van der Waals surface area (Å²) in [5.41, 5.74) is -1.76. The summed E-state index contributed by atoms with van der Waals surface area (Å²) in [4.78, 5) is 16.5. The topological polar surface area (TPSA) is 87.9 Å². The van der Waals surface area contributed by atoms with Gasteiger partial charge in [-0.2, -0.15) is 18.3 Å². The van der Waals surface area contributed by atoms with Gasteiger partial charge in [0.15, 0.2) is 5.82 Å². The van der Waals surface area contributed by atoms with Gasteiger partial charge in [0.2, 0.25) is 0 Å². The van der Waals surface area contributed by atoms with E-state index in [0.29, 0.717) is 37.2 Å². The highest BCUT2D eigenvalue weighted by Crippen LogP contribution is 2.42. The number of aromatic nitrogens is 3. The molecule has 1 N–H and O–H groups in total. The van der Waals surface area contributed by atoms with Crippen LogP contribution >= 0.6 is 11.6 Å². The van der Waals surface area contributed by atoms with Gasteiger partial charge in [-0.25, -0.2) is 4.98 Å². The lowest BCUT2D eigenvalue weighted by atomic mass is 9.96. The third kappa shape index (κ3) is 3.59. The number of hydrogen-bond donors (Lipinski definition) is 1. The lowest BCUT2D eigenvalue weighted by Gasteiger charge is -2.33.